The van der Waals surface area contributed by atoms with Crippen LogP contribution in [0.15, 0.2) is 48.5 Å². The first-order valence-corrected chi connectivity index (χ1v) is 6.93. The monoisotopic (exact) mass is 271 g/mol. The van der Waals surface area contributed by atoms with Gasteiger partial charge in [0, 0.05) is 5.54 Å². The van der Waals surface area contributed by atoms with Gasteiger partial charge in [0.15, 0.2) is 11.6 Å². The van der Waals surface area contributed by atoms with Gasteiger partial charge in [0.25, 0.3) is 0 Å². The maximum Gasteiger partial charge on any atom is 0.165 e. The number of hydrogen-bond donors (Lipinski definition) is 1. The molecule has 0 atom stereocenters. The van der Waals surface area contributed by atoms with Crippen molar-refractivity contribution in [2.45, 2.75) is 31.4 Å². The lowest BCUT2D eigenvalue weighted by Crippen LogP contribution is -2.43. The molecule has 0 radical (unpaired) electrons. The smallest absolute Gasteiger partial charge is 0.165 e. The van der Waals surface area contributed by atoms with Gasteiger partial charge in [-0.3, -0.25) is 0 Å². The van der Waals surface area contributed by atoms with Crippen LogP contribution in [0.2, 0.25) is 0 Å². The number of nitrogens with two attached hydrogens (primary N) is 1. The molecule has 2 nitrogen and oxygen atoms in total. The normalized spacial score (nSPS) is 16.5. The van der Waals surface area contributed by atoms with Gasteiger partial charge in [-0.1, -0.05) is 36.4 Å². The fourth-order valence-corrected chi connectivity index (χ4v) is 2.51. The van der Waals surface area contributed by atoms with Crippen molar-refractivity contribution < 1.29 is 9.13 Å². The van der Waals surface area contributed by atoms with Crippen LogP contribution >= 0.6 is 0 Å². The quantitative estimate of drug-likeness (QED) is 0.919. The zero-order valence-electron chi connectivity index (χ0n) is 11.3. The third-order valence-corrected chi connectivity index (χ3v) is 3.99. The average Bonchev–Trinajstić information content (AvgIpc) is 2.44. The molecular formula is C17H18FNO. The van der Waals surface area contributed by atoms with Crippen LogP contribution in [0.1, 0.15) is 30.4 Å². The first-order valence-electron chi connectivity index (χ1n) is 6.93. The van der Waals surface area contributed by atoms with E-state index < -0.39 is 0 Å². The Bertz CT molecular complexity index is 593. The zero-order chi connectivity index (χ0) is 14.0. The van der Waals surface area contributed by atoms with Gasteiger partial charge in [0.1, 0.15) is 6.61 Å². The van der Waals surface area contributed by atoms with Crippen molar-refractivity contribution in [3.63, 3.8) is 0 Å². The van der Waals surface area contributed by atoms with Crippen molar-refractivity contribution >= 4 is 0 Å². The summed E-state index contributed by atoms with van der Waals surface area (Å²) >= 11 is 0. The molecule has 2 aromatic carbocycles. The van der Waals surface area contributed by atoms with E-state index in [0.29, 0.717) is 6.61 Å². The van der Waals surface area contributed by atoms with Gasteiger partial charge in [-0.15, -0.1) is 0 Å². The summed E-state index contributed by atoms with van der Waals surface area (Å²) < 4.78 is 19.6. The van der Waals surface area contributed by atoms with Gasteiger partial charge >= 0.3 is 0 Å². The minimum atomic E-state index is -0.338. The Morgan fingerprint density at radius 3 is 2.45 bits per heavy atom. The molecule has 3 rings (SSSR count). The van der Waals surface area contributed by atoms with E-state index in [2.05, 4.69) is 0 Å². The second kappa shape index (κ2) is 5.25. The highest BCUT2D eigenvalue weighted by Gasteiger charge is 2.34. The minimum absolute atomic E-state index is 0.278. The van der Waals surface area contributed by atoms with Crippen molar-refractivity contribution in [3.8, 4) is 5.75 Å². The first-order chi connectivity index (χ1) is 9.67. The van der Waals surface area contributed by atoms with Crippen molar-refractivity contribution in [3.05, 3.63) is 65.5 Å². The van der Waals surface area contributed by atoms with Crippen LogP contribution < -0.4 is 10.5 Å². The predicted molar refractivity (Wildman–Crippen MR) is 76.9 cm³/mol. The number of rotatable bonds is 4. The van der Waals surface area contributed by atoms with E-state index in [1.165, 1.54) is 6.07 Å². The average molecular weight is 271 g/mol. The Morgan fingerprint density at radius 1 is 1.10 bits per heavy atom. The lowest BCUT2D eigenvalue weighted by molar-refractivity contribution is 0.250. The molecule has 1 fully saturated rings. The van der Waals surface area contributed by atoms with Gasteiger partial charge in [-0.25, -0.2) is 4.39 Å². The summed E-state index contributed by atoms with van der Waals surface area (Å²) in [5.74, 6) is -0.0596. The molecule has 3 heteroatoms. The van der Waals surface area contributed by atoms with Crippen molar-refractivity contribution in [1.82, 2.24) is 0 Å². The Balaban J connectivity index is 1.71. The Labute approximate surface area is 118 Å². The van der Waals surface area contributed by atoms with Crippen LogP contribution in [0, 0.1) is 5.82 Å². The largest absolute Gasteiger partial charge is 0.486 e. The zero-order valence-corrected chi connectivity index (χ0v) is 11.3. The SMILES string of the molecule is NC1(c2ccc(OCc3ccccc3)c(F)c2)CCC1. The highest BCUT2D eigenvalue weighted by atomic mass is 19.1. The van der Waals surface area contributed by atoms with E-state index >= 15 is 0 Å². The van der Waals surface area contributed by atoms with Crippen LogP contribution in [0.25, 0.3) is 0 Å². The second-order valence-corrected chi connectivity index (χ2v) is 5.43. The topological polar surface area (TPSA) is 35.2 Å². The summed E-state index contributed by atoms with van der Waals surface area (Å²) in [5, 5.41) is 0. The number of ether oxygens (including phenoxy) is 1. The van der Waals surface area contributed by atoms with Crippen LogP contribution in [0.3, 0.4) is 0 Å². The maximum atomic E-state index is 14.1. The molecule has 0 spiro atoms. The third kappa shape index (κ3) is 2.54. The molecular weight excluding hydrogens is 253 g/mol. The molecule has 104 valence electrons. The molecule has 0 unspecified atom stereocenters. The molecule has 2 N–H and O–H groups in total. The molecule has 1 saturated carbocycles. The van der Waals surface area contributed by atoms with E-state index in [1.807, 2.05) is 36.4 Å². The third-order valence-electron chi connectivity index (χ3n) is 3.99. The van der Waals surface area contributed by atoms with E-state index in [-0.39, 0.29) is 17.1 Å². The molecule has 1 aliphatic rings. The van der Waals surface area contributed by atoms with Gasteiger partial charge < -0.3 is 10.5 Å². The van der Waals surface area contributed by atoms with Crippen LogP contribution in [-0.4, -0.2) is 0 Å². The molecule has 0 aromatic heterocycles. The lowest BCUT2D eigenvalue weighted by atomic mass is 9.73. The van der Waals surface area contributed by atoms with E-state index in [9.17, 15) is 4.39 Å². The molecule has 20 heavy (non-hydrogen) atoms. The summed E-state index contributed by atoms with van der Waals surface area (Å²) in [6, 6.07) is 14.8. The van der Waals surface area contributed by atoms with Gasteiger partial charge in [-0.05, 0) is 42.5 Å². The number of hydrogen-bond acceptors (Lipinski definition) is 2. The van der Waals surface area contributed by atoms with Gasteiger partial charge in [0.2, 0.25) is 0 Å². The molecule has 0 heterocycles. The first kappa shape index (κ1) is 13.1. The van der Waals surface area contributed by atoms with Gasteiger partial charge in [-0.2, -0.15) is 0 Å². The molecule has 0 aliphatic heterocycles. The molecule has 0 saturated heterocycles. The highest BCUT2D eigenvalue weighted by molar-refractivity contribution is 5.34. The van der Waals surface area contributed by atoms with Crippen molar-refractivity contribution in [2.75, 3.05) is 0 Å². The number of benzene rings is 2. The fourth-order valence-electron chi connectivity index (χ4n) is 2.51. The van der Waals surface area contributed by atoms with Crippen LogP contribution in [-0.2, 0) is 12.1 Å². The van der Waals surface area contributed by atoms with E-state index in [1.54, 1.807) is 6.07 Å². The minimum Gasteiger partial charge on any atom is -0.486 e. The van der Waals surface area contributed by atoms with Crippen molar-refractivity contribution in [2.24, 2.45) is 5.73 Å². The predicted octanol–water partition coefficient (Wildman–Crippen LogP) is 3.74. The van der Waals surface area contributed by atoms with Crippen LogP contribution in [0.5, 0.6) is 5.75 Å². The van der Waals surface area contributed by atoms with E-state index in [0.717, 1.165) is 30.4 Å². The highest BCUT2D eigenvalue weighted by Crippen LogP contribution is 2.39. The summed E-state index contributed by atoms with van der Waals surface area (Å²) in [6.45, 7) is 0.366. The van der Waals surface area contributed by atoms with Gasteiger partial charge in [0.05, 0.1) is 0 Å². The number of halogens is 1. The van der Waals surface area contributed by atoms with E-state index in [4.69, 9.17) is 10.5 Å². The van der Waals surface area contributed by atoms with Crippen molar-refractivity contribution in [1.29, 1.82) is 0 Å². The molecule has 0 bridgehead atoms. The lowest BCUT2D eigenvalue weighted by Gasteiger charge is -2.38. The summed E-state index contributed by atoms with van der Waals surface area (Å²) in [4.78, 5) is 0. The fraction of sp³-hybridized carbons (Fsp3) is 0.294. The summed E-state index contributed by atoms with van der Waals surface area (Å²) in [7, 11) is 0. The Hall–Kier alpha value is -1.87. The summed E-state index contributed by atoms with van der Waals surface area (Å²) in [6.07, 6.45) is 2.97. The molecule has 1 aliphatic carbocycles. The Kier molecular flexibility index (Phi) is 3.45. The maximum absolute atomic E-state index is 14.1. The summed E-state index contributed by atoms with van der Waals surface area (Å²) in [5.41, 5.74) is 7.75. The Morgan fingerprint density at radius 2 is 1.85 bits per heavy atom. The molecule has 2 aromatic rings. The standard InChI is InChI=1S/C17H18FNO/c18-15-11-14(17(19)9-4-10-17)7-8-16(15)20-12-13-5-2-1-3-6-13/h1-3,5-8,11H,4,9-10,12,19H2. The second-order valence-electron chi connectivity index (χ2n) is 5.43. The molecule has 0 amide bonds. The van der Waals surface area contributed by atoms with Crippen LogP contribution in [0.4, 0.5) is 4.39 Å².